The number of nitrogens with two attached hydrogens (primary N) is 1. The summed E-state index contributed by atoms with van der Waals surface area (Å²) in [6.07, 6.45) is 1.52. The maximum Gasteiger partial charge on any atom is 0.256 e. The van der Waals surface area contributed by atoms with Crippen molar-refractivity contribution in [2.24, 2.45) is 0 Å². The van der Waals surface area contributed by atoms with Crippen LogP contribution in [0.2, 0.25) is 0 Å². The molecule has 1 aliphatic heterocycles. The lowest BCUT2D eigenvalue weighted by Crippen LogP contribution is -2.47. The summed E-state index contributed by atoms with van der Waals surface area (Å²) in [4.78, 5) is 26.0. The van der Waals surface area contributed by atoms with E-state index in [4.69, 9.17) is 10.5 Å². The van der Waals surface area contributed by atoms with Gasteiger partial charge in [0.1, 0.15) is 11.6 Å². The van der Waals surface area contributed by atoms with Gasteiger partial charge in [-0.15, -0.1) is 0 Å². The highest BCUT2D eigenvalue weighted by molar-refractivity contribution is 5.98. The van der Waals surface area contributed by atoms with Crippen LogP contribution in [-0.4, -0.2) is 48.7 Å². The van der Waals surface area contributed by atoms with Crippen LogP contribution in [0, 0.1) is 13.8 Å². The zero-order valence-corrected chi connectivity index (χ0v) is 20.0. The summed E-state index contributed by atoms with van der Waals surface area (Å²) >= 11 is 0. The number of nitrogen functional groups attached to an aromatic ring is 1. The van der Waals surface area contributed by atoms with Crippen LogP contribution in [0.15, 0.2) is 48.7 Å². The molecule has 0 aliphatic carbocycles. The lowest BCUT2D eigenvalue weighted by atomic mass is 10.1. The van der Waals surface area contributed by atoms with E-state index in [9.17, 15) is 4.79 Å². The van der Waals surface area contributed by atoms with E-state index in [1.54, 1.807) is 0 Å². The minimum atomic E-state index is -0.294. The molecule has 0 atom stereocenters. The Labute approximate surface area is 200 Å². The van der Waals surface area contributed by atoms with Gasteiger partial charge in [0.15, 0.2) is 0 Å². The number of carbonyl (C=O) groups excluding carboxylic acids is 1. The number of nitrogens with zero attached hydrogens (tertiary/aromatic N) is 4. The number of anilines is 3. The quantitative estimate of drug-likeness (QED) is 0.558. The van der Waals surface area contributed by atoms with Crippen LogP contribution >= 0.6 is 0 Å². The number of aromatic nitrogens is 2. The van der Waals surface area contributed by atoms with Crippen molar-refractivity contribution in [3.05, 3.63) is 70.9 Å². The summed E-state index contributed by atoms with van der Waals surface area (Å²) < 4.78 is 5.44. The molecule has 0 bridgehead atoms. The first-order chi connectivity index (χ1) is 16.5. The number of carbonyl (C=O) groups is 1. The Balaban J connectivity index is 1.34. The molecule has 1 aliphatic rings. The van der Waals surface area contributed by atoms with Gasteiger partial charge in [-0.3, -0.25) is 4.79 Å². The Morgan fingerprint density at radius 1 is 1.06 bits per heavy atom. The molecule has 1 fully saturated rings. The molecule has 8 heteroatoms. The first-order valence-electron chi connectivity index (χ1n) is 11.6. The molecule has 0 radical (unpaired) electrons. The molecule has 8 nitrogen and oxygen atoms in total. The Bertz CT molecular complexity index is 1140. The number of hydrogen-bond acceptors (Lipinski definition) is 7. The van der Waals surface area contributed by atoms with E-state index in [2.05, 4.69) is 57.1 Å². The fraction of sp³-hybridized carbons (Fsp3) is 0.346. The molecule has 0 unspecified atom stereocenters. The maximum absolute atomic E-state index is 12.6. The van der Waals surface area contributed by atoms with Crippen molar-refractivity contribution in [2.75, 3.05) is 48.3 Å². The zero-order chi connectivity index (χ0) is 24.1. The van der Waals surface area contributed by atoms with Crippen LogP contribution in [-0.2, 0) is 6.54 Å². The van der Waals surface area contributed by atoms with Crippen molar-refractivity contribution in [2.45, 2.75) is 27.3 Å². The molecule has 1 aromatic heterocycles. The van der Waals surface area contributed by atoms with Gasteiger partial charge in [0.05, 0.1) is 12.2 Å². The molecular weight excluding hydrogens is 428 g/mol. The van der Waals surface area contributed by atoms with Crippen LogP contribution < -0.4 is 25.6 Å². The number of hydrogen-bond donors (Lipinski definition) is 2. The fourth-order valence-corrected chi connectivity index (χ4v) is 4.09. The predicted octanol–water partition coefficient (Wildman–Crippen LogP) is 3.33. The summed E-state index contributed by atoms with van der Waals surface area (Å²) in [6.45, 7) is 10.6. The predicted molar refractivity (Wildman–Crippen MR) is 136 cm³/mol. The number of nitrogens with one attached hydrogen (secondary N) is 1. The molecule has 3 N–H and O–H groups in total. The van der Waals surface area contributed by atoms with E-state index in [1.807, 2.05) is 31.2 Å². The highest BCUT2D eigenvalue weighted by atomic mass is 16.5. The average Bonchev–Trinajstić information content (AvgIpc) is 2.85. The molecule has 1 amide bonds. The third-order valence-electron chi connectivity index (χ3n) is 6.22. The molecule has 0 spiro atoms. The highest BCUT2D eigenvalue weighted by Crippen LogP contribution is 2.25. The van der Waals surface area contributed by atoms with Crippen molar-refractivity contribution in [1.29, 1.82) is 0 Å². The van der Waals surface area contributed by atoms with Gasteiger partial charge in [0.2, 0.25) is 5.95 Å². The van der Waals surface area contributed by atoms with Crippen molar-refractivity contribution >= 4 is 23.4 Å². The SMILES string of the molecule is CCOc1ccc(CNC(=O)c2cnc(N3CCN(c4cccc(C)c4C)CC3)nc2N)cc1. The number of ether oxygens (including phenoxy) is 1. The summed E-state index contributed by atoms with van der Waals surface area (Å²) in [7, 11) is 0. The van der Waals surface area contributed by atoms with Gasteiger partial charge in [-0.05, 0) is 55.7 Å². The minimum Gasteiger partial charge on any atom is -0.494 e. The Hall–Kier alpha value is -3.81. The van der Waals surface area contributed by atoms with Gasteiger partial charge < -0.3 is 25.6 Å². The topological polar surface area (TPSA) is 96.6 Å². The Morgan fingerprint density at radius 2 is 1.76 bits per heavy atom. The van der Waals surface area contributed by atoms with Gasteiger partial charge >= 0.3 is 0 Å². The minimum absolute atomic E-state index is 0.186. The highest BCUT2D eigenvalue weighted by Gasteiger charge is 2.22. The number of piperazine rings is 1. The van der Waals surface area contributed by atoms with E-state index in [0.717, 1.165) is 37.5 Å². The van der Waals surface area contributed by atoms with Gasteiger partial charge in [0, 0.05) is 44.6 Å². The van der Waals surface area contributed by atoms with Gasteiger partial charge in [-0.25, -0.2) is 4.98 Å². The summed E-state index contributed by atoms with van der Waals surface area (Å²) in [6, 6.07) is 14.0. The number of aryl methyl sites for hydroxylation is 1. The van der Waals surface area contributed by atoms with Crippen molar-refractivity contribution in [1.82, 2.24) is 15.3 Å². The zero-order valence-electron chi connectivity index (χ0n) is 20.0. The largest absolute Gasteiger partial charge is 0.494 e. The second-order valence-electron chi connectivity index (χ2n) is 8.42. The number of rotatable bonds is 7. The Morgan fingerprint density at radius 3 is 2.44 bits per heavy atom. The second kappa shape index (κ2) is 10.4. The third-order valence-corrected chi connectivity index (χ3v) is 6.22. The van der Waals surface area contributed by atoms with Crippen LogP contribution in [0.3, 0.4) is 0 Å². The fourth-order valence-electron chi connectivity index (χ4n) is 4.09. The molecule has 178 valence electrons. The van der Waals surface area contributed by atoms with E-state index < -0.39 is 0 Å². The first-order valence-corrected chi connectivity index (χ1v) is 11.6. The lowest BCUT2D eigenvalue weighted by molar-refractivity contribution is 0.0951. The van der Waals surface area contributed by atoms with Crippen LogP contribution in [0.25, 0.3) is 0 Å². The van der Waals surface area contributed by atoms with Crippen LogP contribution in [0.1, 0.15) is 34.0 Å². The molecule has 3 aromatic rings. The molecule has 1 saturated heterocycles. The van der Waals surface area contributed by atoms with Crippen molar-refractivity contribution in [3.8, 4) is 5.75 Å². The second-order valence-corrected chi connectivity index (χ2v) is 8.42. The van der Waals surface area contributed by atoms with Crippen molar-refractivity contribution in [3.63, 3.8) is 0 Å². The van der Waals surface area contributed by atoms with Crippen LogP contribution in [0.5, 0.6) is 5.75 Å². The summed E-state index contributed by atoms with van der Waals surface area (Å²) in [5.41, 5.74) is 11.3. The molecule has 2 aromatic carbocycles. The number of benzene rings is 2. The molecule has 4 rings (SSSR count). The van der Waals surface area contributed by atoms with Crippen LogP contribution in [0.4, 0.5) is 17.5 Å². The summed E-state index contributed by atoms with van der Waals surface area (Å²) in [5.74, 6) is 1.26. The van der Waals surface area contributed by atoms with E-state index in [-0.39, 0.29) is 17.3 Å². The Kier molecular flexibility index (Phi) is 7.15. The van der Waals surface area contributed by atoms with Crippen molar-refractivity contribution < 1.29 is 9.53 Å². The van der Waals surface area contributed by atoms with Gasteiger partial charge in [-0.2, -0.15) is 4.98 Å². The first kappa shape index (κ1) is 23.4. The average molecular weight is 461 g/mol. The monoisotopic (exact) mass is 460 g/mol. The van der Waals surface area contributed by atoms with Gasteiger partial charge in [-0.1, -0.05) is 24.3 Å². The molecule has 34 heavy (non-hydrogen) atoms. The summed E-state index contributed by atoms with van der Waals surface area (Å²) in [5, 5.41) is 2.88. The normalized spacial score (nSPS) is 13.6. The van der Waals surface area contributed by atoms with Gasteiger partial charge in [0.25, 0.3) is 5.91 Å². The standard InChI is InChI=1S/C26H32N6O2/c1-4-34-21-10-8-20(9-11-21)16-28-25(33)22-17-29-26(30-24(22)27)32-14-12-31(13-15-32)23-7-5-6-18(2)19(23)3/h5-11,17H,4,12-16H2,1-3H3,(H,28,33)(H2,27,29,30). The van der Waals surface area contributed by atoms with E-state index in [1.165, 1.54) is 23.0 Å². The molecule has 2 heterocycles. The van der Waals surface area contributed by atoms with E-state index >= 15 is 0 Å². The number of amides is 1. The molecule has 0 saturated carbocycles. The molecular formula is C26H32N6O2. The smallest absolute Gasteiger partial charge is 0.256 e. The van der Waals surface area contributed by atoms with E-state index in [0.29, 0.717) is 19.1 Å². The maximum atomic E-state index is 12.6. The lowest BCUT2D eigenvalue weighted by Gasteiger charge is -2.37. The third kappa shape index (κ3) is 5.22.